The third-order valence-corrected chi connectivity index (χ3v) is 6.84. The molecule has 2 aliphatic carbocycles. The zero-order chi connectivity index (χ0) is 27.2. The van der Waals surface area contributed by atoms with Gasteiger partial charge >= 0.3 is 0 Å². The van der Waals surface area contributed by atoms with Crippen LogP contribution in [-0.4, -0.2) is 18.1 Å². The van der Waals surface area contributed by atoms with E-state index in [0.29, 0.717) is 12.1 Å². The van der Waals surface area contributed by atoms with E-state index in [4.69, 9.17) is 72.5 Å². The van der Waals surface area contributed by atoms with Crippen molar-refractivity contribution in [3.8, 4) is 11.5 Å². The molecule has 0 bridgehead atoms. The minimum absolute atomic E-state index is 0.00466. The van der Waals surface area contributed by atoms with Crippen molar-refractivity contribution in [2.45, 2.75) is 38.4 Å². The lowest BCUT2D eigenvalue weighted by Gasteiger charge is -2.33. The van der Waals surface area contributed by atoms with Crippen LogP contribution in [0, 0.1) is 5.92 Å². The number of rotatable bonds is 6. The third-order valence-electron chi connectivity index (χ3n) is 6.84. The summed E-state index contributed by atoms with van der Waals surface area (Å²) < 4.78 is 12.0. The fourth-order valence-corrected chi connectivity index (χ4v) is 4.20. The van der Waals surface area contributed by atoms with E-state index in [9.17, 15) is 0 Å². The number of benzene rings is 1. The van der Waals surface area contributed by atoms with Crippen LogP contribution in [0.5, 0.6) is 11.5 Å². The number of allylic oxidation sites excluding steroid dienone is 2. The van der Waals surface area contributed by atoms with Crippen molar-refractivity contribution in [3.63, 3.8) is 0 Å². The minimum Gasteiger partial charge on any atom is -0.453 e. The van der Waals surface area contributed by atoms with Gasteiger partial charge in [-0.3, -0.25) is 0 Å². The van der Waals surface area contributed by atoms with Gasteiger partial charge in [-0.2, -0.15) is 0 Å². The molecule has 13 heteroatoms. The van der Waals surface area contributed by atoms with Crippen LogP contribution in [0.1, 0.15) is 20.3 Å². The summed E-state index contributed by atoms with van der Waals surface area (Å²) in [7, 11) is 0. The molecule has 4 atom stereocenters. The maximum Gasteiger partial charge on any atom is 0.177 e. The molecule has 36 heavy (non-hydrogen) atoms. The largest absolute Gasteiger partial charge is 0.453 e. The molecule has 0 aromatic heterocycles. The molecule has 22 N–H and O–H groups in total. The van der Waals surface area contributed by atoms with Crippen molar-refractivity contribution in [3.05, 3.63) is 58.1 Å². The molecule has 3 rings (SSSR count). The Balaban J connectivity index is 2.10. The molecular weight excluding hydrogens is 462 g/mol. The second-order valence-corrected chi connectivity index (χ2v) is 8.96. The third kappa shape index (κ3) is 3.98. The van der Waals surface area contributed by atoms with E-state index in [1.807, 2.05) is 13.8 Å². The number of anilines is 4. The monoisotopic (exact) mass is 499 g/mol. The van der Waals surface area contributed by atoms with Crippen molar-refractivity contribution in [2.75, 3.05) is 22.9 Å². The van der Waals surface area contributed by atoms with Gasteiger partial charge in [-0.1, -0.05) is 18.6 Å². The van der Waals surface area contributed by atoms with E-state index in [0.717, 1.165) is 11.1 Å². The first kappa shape index (κ1) is 26.4. The van der Waals surface area contributed by atoms with Crippen LogP contribution >= 0.6 is 0 Å². The summed E-state index contributed by atoms with van der Waals surface area (Å²) in [6, 6.07) is -2.35. The SMILES string of the molecule is C=CCC1=C(C)C(C)C(N)C(Oc2c(N)c(N)c(OC3=C(N)C(N)=C(N)C(N)C3N)c(N)c2N)=C1N. The van der Waals surface area contributed by atoms with Crippen LogP contribution < -0.4 is 72.5 Å². The highest BCUT2D eigenvalue weighted by Gasteiger charge is 2.35. The summed E-state index contributed by atoms with van der Waals surface area (Å²) in [4.78, 5) is 0. The van der Waals surface area contributed by atoms with Gasteiger partial charge in [0.25, 0.3) is 0 Å². The fraction of sp³-hybridized carbons (Fsp3) is 0.304. The molecular formula is C23H37N11O2. The van der Waals surface area contributed by atoms with Crippen LogP contribution in [-0.2, 0) is 0 Å². The smallest absolute Gasteiger partial charge is 0.177 e. The van der Waals surface area contributed by atoms with Crippen LogP contribution in [0.15, 0.2) is 58.1 Å². The Morgan fingerprint density at radius 1 is 0.694 bits per heavy atom. The lowest BCUT2D eigenvalue weighted by atomic mass is 9.82. The summed E-state index contributed by atoms with van der Waals surface area (Å²) in [6.45, 7) is 7.73. The molecule has 0 saturated carbocycles. The molecule has 0 heterocycles. The maximum absolute atomic E-state index is 6.44. The molecule has 0 saturated heterocycles. The highest BCUT2D eigenvalue weighted by molar-refractivity contribution is 5.94. The van der Waals surface area contributed by atoms with Gasteiger partial charge in [-0.25, -0.2) is 0 Å². The standard InChI is InChI=1S/C23H37N11O2/c1-4-5-8-6(2)7(3)9(24)20(10(8)25)35-22-16(31)18(33)23(19(34)17(22)32)36-21-14(29)12(27)11(26)13(28)15(21)30/h4,7,9,12,14H,1,5,24-34H2,2-3H3. The Morgan fingerprint density at radius 2 is 1.14 bits per heavy atom. The number of nitrogen functional groups attached to an aromatic ring is 4. The number of hydrogen-bond acceptors (Lipinski definition) is 13. The number of hydrogen-bond donors (Lipinski definition) is 11. The molecule has 2 aliphatic rings. The quantitative estimate of drug-likeness (QED) is 0.162. The summed E-state index contributed by atoms with van der Waals surface area (Å²) >= 11 is 0. The second-order valence-electron chi connectivity index (χ2n) is 8.96. The summed E-state index contributed by atoms with van der Waals surface area (Å²) in [5.74, 6) is 0.143. The predicted octanol–water partition coefficient (Wildman–Crippen LogP) is -1.22. The Hall–Kier alpha value is -4.20. The lowest BCUT2D eigenvalue weighted by Crippen LogP contribution is -2.52. The molecule has 1 aromatic rings. The zero-order valence-corrected chi connectivity index (χ0v) is 20.5. The molecule has 0 amide bonds. The molecule has 0 radical (unpaired) electrons. The van der Waals surface area contributed by atoms with Gasteiger partial charge in [0.1, 0.15) is 34.3 Å². The van der Waals surface area contributed by atoms with Crippen LogP contribution in [0.3, 0.4) is 0 Å². The number of nitrogens with two attached hydrogens (primary N) is 11. The van der Waals surface area contributed by atoms with Gasteiger partial charge in [0.2, 0.25) is 0 Å². The van der Waals surface area contributed by atoms with Crippen LogP contribution in [0.25, 0.3) is 0 Å². The first-order chi connectivity index (χ1) is 16.8. The van der Waals surface area contributed by atoms with Gasteiger partial charge < -0.3 is 72.5 Å². The van der Waals surface area contributed by atoms with Crippen molar-refractivity contribution < 1.29 is 9.47 Å². The van der Waals surface area contributed by atoms with Gasteiger partial charge in [-0.15, -0.1) is 6.58 Å². The predicted molar refractivity (Wildman–Crippen MR) is 144 cm³/mol. The highest BCUT2D eigenvalue weighted by atomic mass is 16.5. The molecule has 0 spiro atoms. The molecule has 0 fully saturated rings. The van der Waals surface area contributed by atoms with Crippen molar-refractivity contribution in [1.29, 1.82) is 0 Å². The highest BCUT2D eigenvalue weighted by Crippen LogP contribution is 2.49. The van der Waals surface area contributed by atoms with Gasteiger partial charge in [0.15, 0.2) is 11.5 Å². The van der Waals surface area contributed by atoms with E-state index >= 15 is 0 Å². The lowest BCUT2D eigenvalue weighted by molar-refractivity contribution is 0.341. The van der Waals surface area contributed by atoms with Gasteiger partial charge in [0.05, 0.1) is 40.9 Å². The Morgan fingerprint density at radius 3 is 1.58 bits per heavy atom. The van der Waals surface area contributed by atoms with E-state index in [-0.39, 0.29) is 68.8 Å². The minimum atomic E-state index is -0.931. The first-order valence-electron chi connectivity index (χ1n) is 11.2. The van der Waals surface area contributed by atoms with E-state index < -0.39 is 18.1 Å². The molecule has 4 unspecified atom stereocenters. The van der Waals surface area contributed by atoms with Crippen molar-refractivity contribution in [2.24, 2.45) is 46.1 Å². The van der Waals surface area contributed by atoms with Crippen molar-refractivity contribution in [1.82, 2.24) is 0 Å². The van der Waals surface area contributed by atoms with Gasteiger partial charge in [-0.05, 0) is 24.8 Å². The van der Waals surface area contributed by atoms with E-state index in [1.165, 1.54) is 0 Å². The normalized spacial score (nSPS) is 24.9. The van der Waals surface area contributed by atoms with E-state index in [1.54, 1.807) is 6.08 Å². The summed E-state index contributed by atoms with van der Waals surface area (Å²) in [6.07, 6.45) is 2.28. The summed E-state index contributed by atoms with van der Waals surface area (Å²) in [5.41, 5.74) is 70.4. The Kier molecular flexibility index (Phi) is 6.93. The fourth-order valence-electron chi connectivity index (χ4n) is 4.20. The maximum atomic E-state index is 6.44. The first-order valence-corrected chi connectivity index (χ1v) is 11.2. The molecule has 196 valence electrons. The molecule has 13 nitrogen and oxygen atoms in total. The second kappa shape index (κ2) is 9.45. The number of ether oxygens (including phenoxy) is 2. The average molecular weight is 500 g/mol. The Bertz CT molecular complexity index is 1220. The van der Waals surface area contributed by atoms with Crippen molar-refractivity contribution >= 4 is 22.7 Å². The average Bonchev–Trinajstić information content (AvgIpc) is 2.85. The van der Waals surface area contributed by atoms with Crippen LogP contribution in [0.4, 0.5) is 22.7 Å². The summed E-state index contributed by atoms with van der Waals surface area (Å²) in [5, 5.41) is 0. The molecule has 0 aliphatic heterocycles. The topological polar surface area (TPSA) is 305 Å². The van der Waals surface area contributed by atoms with Crippen LogP contribution in [0.2, 0.25) is 0 Å². The zero-order valence-electron chi connectivity index (χ0n) is 20.5. The van der Waals surface area contributed by atoms with E-state index in [2.05, 4.69) is 6.58 Å². The van der Waals surface area contributed by atoms with Gasteiger partial charge in [0, 0.05) is 0 Å². The molecule has 1 aromatic carbocycles. The Labute approximate surface area is 209 Å².